The van der Waals surface area contributed by atoms with Gasteiger partial charge < -0.3 is 21.1 Å². The maximum Gasteiger partial charge on any atom is 0.267 e. The highest BCUT2D eigenvalue weighted by molar-refractivity contribution is 5.99. The molecule has 0 aliphatic heterocycles. The van der Waals surface area contributed by atoms with E-state index in [9.17, 15) is 9.90 Å². The standard InChI is InChI=1S/C11H13N3O2/c12-4-5-13-11(16)9-6-7-8(14-9)2-1-3-10(7)15/h1-3,6,14-15H,4-5,12H2,(H,13,16). The van der Waals surface area contributed by atoms with Crippen LogP contribution in [0.1, 0.15) is 10.5 Å². The van der Waals surface area contributed by atoms with Crippen LogP contribution in [-0.2, 0) is 0 Å². The Labute approximate surface area is 92.3 Å². The highest BCUT2D eigenvalue weighted by Crippen LogP contribution is 2.24. The first-order chi connectivity index (χ1) is 7.72. The van der Waals surface area contributed by atoms with Crippen molar-refractivity contribution < 1.29 is 9.90 Å². The SMILES string of the molecule is NCCNC(=O)c1cc2c(O)cccc2[nH]1. The molecule has 5 N–H and O–H groups in total. The number of amides is 1. The molecule has 0 bridgehead atoms. The van der Waals surface area contributed by atoms with Crippen molar-refractivity contribution in [2.75, 3.05) is 13.1 Å². The van der Waals surface area contributed by atoms with E-state index >= 15 is 0 Å². The fraction of sp³-hybridized carbons (Fsp3) is 0.182. The number of rotatable bonds is 3. The van der Waals surface area contributed by atoms with E-state index in [0.29, 0.717) is 24.2 Å². The third kappa shape index (κ3) is 1.85. The first-order valence-electron chi connectivity index (χ1n) is 5.01. The summed E-state index contributed by atoms with van der Waals surface area (Å²) in [6.07, 6.45) is 0. The van der Waals surface area contributed by atoms with Gasteiger partial charge in [0.1, 0.15) is 11.4 Å². The first-order valence-corrected chi connectivity index (χ1v) is 5.01. The van der Waals surface area contributed by atoms with Crippen molar-refractivity contribution in [3.8, 4) is 5.75 Å². The van der Waals surface area contributed by atoms with Crippen LogP contribution < -0.4 is 11.1 Å². The molecule has 5 nitrogen and oxygen atoms in total. The molecule has 0 atom stereocenters. The lowest BCUT2D eigenvalue weighted by molar-refractivity contribution is 0.0950. The molecule has 2 aromatic rings. The molecule has 1 aromatic carbocycles. The zero-order chi connectivity index (χ0) is 11.5. The Morgan fingerprint density at radius 3 is 3.00 bits per heavy atom. The number of benzene rings is 1. The van der Waals surface area contributed by atoms with E-state index < -0.39 is 0 Å². The van der Waals surface area contributed by atoms with Gasteiger partial charge in [-0.1, -0.05) is 6.07 Å². The van der Waals surface area contributed by atoms with E-state index in [1.165, 1.54) is 0 Å². The monoisotopic (exact) mass is 219 g/mol. The lowest BCUT2D eigenvalue weighted by Crippen LogP contribution is -2.29. The van der Waals surface area contributed by atoms with Gasteiger partial charge in [-0.2, -0.15) is 0 Å². The molecule has 0 saturated carbocycles. The number of nitrogens with one attached hydrogen (secondary N) is 2. The minimum absolute atomic E-state index is 0.159. The molecule has 2 rings (SSSR count). The van der Waals surface area contributed by atoms with E-state index in [2.05, 4.69) is 10.3 Å². The van der Waals surface area contributed by atoms with Gasteiger partial charge in [0.15, 0.2) is 0 Å². The summed E-state index contributed by atoms with van der Waals surface area (Å²) in [5.41, 5.74) is 6.44. The van der Waals surface area contributed by atoms with Gasteiger partial charge in [0.25, 0.3) is 5.91 Å². The van der Waals surface area contributed by atoms with Gasteiger partial charge in [-0.15, -0.1) is 0 Å². The minimum Gasteiger partial charge on any atom is -0.507 e. The zero-order valence-electron chi connectivity index (χ0n) is 8.66. The predicted molar refractivity (Wildman–Crippen MR) is 61.4 cm³/mol. The Morgan fingerprint density at radius 2 is 2.31 bits per heavy atom. The van der Waals surface area contributed by atoms with Crippen LogP contribution in [0.5, 0.6) is 5.75 Å². The topological polar surface area (TPSA) is 91.1 Å². The third-order valence-corrected chi connectivity index (χ3v) is 2.32. The lowest BCUT2D eigenvalue weighted by atomic mass is 10.2. The average Bonchev–Trinajstić information content (AvgIpc) is 2.71. The minimum atomic E-state index is -0.221. The number of phenols is 1. The smallest absolute Gasteiger partial charge is 0.267 e. The van der Waals surface area contributed by atoms with Crippen LogP contribution in [0.4, 0.5) is 0 Å². The predicted octanol–water partition coefficient (Wildman–Crippen LogP) is 0.562. The first kappa shape index (κ1) is 10.5. The number of carbonyl (C=O) groups excluding carboxylic acids is 1. The number of carbonyl (C=O) groups is 1. The van der Waals surface area contributed by atoms with Crippen molar-refractivity contribution in [1.29, 1.82) is 0 Å². The van der Waals surface area contributed by atoms with Gasteiger partial charge in [-0.05, 0) is 18.2 Å². The Bertz CT molecular complexity index is 519. The van der Waals surface area contributed by atoms with Crippen LogP contribution in [0.2, 0.25) is 0 Å². The maximum atomic E-state index is 11.6. The molecule has 1 amide bonds. The van der Waals surface area contributed by atoms with Crippen molar-refractivity contribution in [2.45, 2.75) is 0 Å². The molecule has 0 aliphatic carbocycles. The van der Waals surface area contributed by atoms with Crippen molar-refractivity contribution in [3.63, 3.8) is 0 Å². The lowest BCUT2D eigenvalue weighted by Gasteiger charge is -1.99. The zero-order valence-corrected chi connectivity index (χ0v) is 8.66. The van der Waals surface area contributed by atoms with Gasteiger partial charge in [0.2, 0.25) is 0 Å². The Morgan fingerprint density at radius 1 is 1.50 bits per heavy atom. The Kier molecular flexibility index (Phi) is 2.78. The summed E-state index contributed by atoms with van der Waals surface area (Å²) in [7, 11) is 0. The molecular weight excluding hydrogens is 206 g/mol. The summed E-state index contributed by atoms with van der Waals surface area (Å²) in [6, 6.07) is 6.72. The van der Waals surface area contributed by atoms with Crippen LogP contribution in [0.3, 0.4) is 0 Å². The Hall–Kier alpha value is -2.01. The number of fused-ring (bicyclic) bond motifs is 1. The molecule has 16 heavy (non-hydrogen) atoms. The third-order valence-electron chi connectivity index (χ3n) is 2.32. The number of aromatic amines is 1. The van der Waals surface area contributed by atoms with E-state index in [4.69, 9.17) is 5.73 Å². The summed E-state index contributed by atoms with van der Waals surface area (Å²) in [5.74, 6) is -0.0623. The van der Waals surface area contributed by atoms with Crippen LogP contribution in [0.25, 0.3) is 10.9 Å². The van der Waals surface area contributed by atoms with Crippen molar-refractivity contribution in [2.24, 2.45) is 5.73 Å². The number of aromatic hydroxyl groups is 1. The molecule has 0 unspecified atom stereocenters. The fourth-order valence-corrected chi connectivity index (χ4v) is 1.54. The number of phenolic OH excluding ortho intramolecular Hbond substituents is 1. The summed E-state index contributed by atoms with van der Waals surface area (Å²) < 4.78 is 0. The number of hydrogen-bond donors (Lipinski definition) is 4. The van der Waals surface area contributed by atoms with Crippen LogP contribution in [0, 0.1) is 0 Å². The second-order valence-corrected chi connectivity index (χ2v) is 3.47. The Balaban J connectivity index is 2.32. The van der Waals surface area contributed by atoms with Gasteiger partial charge in [0.05, 0.1) is 0 Å². The van der Waals surface area contributed by atoms with Crippen LogP contribution in [0.15, 0.2) is 24.3 Å². The molecular formula is C11H13N3O2. The second kappa shape index (κ2) is 4.24. The molecule has 84 valence electrons. The van der Waals surface area contributed by atoms with Gasteiger partial charge in [0, 0.05) is 24.0 Å². The largest absolute Gasteiger partial charge is 0.507 e. The fourth-order valence-electron chi connectivity index (χ4n) is 1.54. The molecule has 0 fully saturated rings. The van der Waals surface area contributed by atoms with Gasteiger partial charge in [-0.25, -0.2) is 0 Å². The van der Waals surface area contributed by atoms with Gasteiger partial charge in [-0.3, -0.25) is 4.79 Å². The normalized spacial score (nSPS) is 10.6. The molecule has 0 radical (unpaired) electrons. The number of nitrogens with two attached hydrogens (primary N) is 1. The molecule has 1 aromatic heterocycles. The summed E-state index contributed by atoms with van der Waals surface area (Å²) in [5, 5.41) is 12.9. The number of H-pyrrole nitrogens is 1. The molecule has 5 heteroatoms. The summed E-state index contributed by atoms with van der Waals surface area (Å²) in [6.45, 7) is 0.831. The summed E-state index contributed by atoms with van der Waals surface area (Å²) >= 11 is 0. The maximum absolute atomic E-state index is 11.6. The molecule has 0 aliphatic rings. The van der Waals surface area contributed by atoms with Gasteiger partial charge >= 0.3 is 0 Å². The number of hydrogen-bond acceptors (Lipinski definition) is 3. The van der Waals surface area contributed by atoms with E-state index in [1.807, 2.05) is 0 Å². The van der Waals surface area contributed by atoms with E-state index in [-0.39, 0.29) is 11.7 Å². The van der Waals surface area contributed by atoms with Crippen LogP contribution >= 0.6 is 0 Å². The van der Waals surface area contributed by atoms with E-state index in [0.717, 1.165) is 5.52 Å². The second-order valence-electron chi connectivity index (χ2n) is 3.47. The highest BCUT2D eigenvalue weighted by atomic mass is 16.3. The highest BCUT2D eigenvalue weighted by Gasteiger charge is 2.10. The molecule has 0 saturated heterocycles. The van der Waals surface area contributed by atoms with Crippen molar-refractivity contribution in [1.82, 2.24) is 10.3 Å². The average molecular weight is 219 g/mol. The summed E-state index contributed by atoms with van der Waals surface area (Å²) in [4.78, 5) is 14.5. The number of aromatic nitrogens is 1. The quantitative estimate of drug-likeness (QED) is 0.608. The van der Waals surface area contributed by atoms with E-state index in [1.54, 1.807) is 24.3 Å². The molecule has 0 spiro atoms. The van der Waals surface area contributed by atoms with Crippen molar-refractivity contribution >= 4 is 16.8 Å². The van der Waals surface area contributed by atoms with Crippen molar-refractivity contribution in [3.05, 3.63) is 30.0 Å². The van der Waals surface area contributed by atoms with Crippen LogP contribution in [-0.4, -0.2) is 29.1 Å². The molecule has 1 heterocycles.